The van der Waals surface area contributed by atoms with Crippen molar-refractivity contribution in [1.29, 1.82) is 0 Å². The topological polar surface area (TPSA) is 140 Å². The lowest BCUT2D eigenvalue weighted by Gasteiger charge is -2.33. The molecule has 11 heteroatoms. The number of nitrogens with two attached hydrogens (primary N) is 1. The molecule has 0 aliphatic carbocycles. The van der Waals surface area contributed by atoms with Gasteiger partial charge in [-0.3, -0.25) is 4.57 Å². The van der Waals surface area contributed by atoms with Crippen molar-refractivity contribution in [2.75, 3.05) is 12.3 Å². The highest BCUT2D eigenvalue weighted by Crippen LogP contribution is 2.41. The molecule has 1 aliphatic heterocycles. The summed E-state index contributed by atoms with van der Waals surface area (Å²) in [5, 5.41) is 32.7. The molecule has 3 aromatic heterocycles. The Labute approximate surface area is 160 Å². The van der Waals surface area contributed by atoms with E-state index in [1.54, 1.807) is 4.57 Å². The van der Waals surface area contributed by atoms with Crippen LogP contribution in [0.15, 0.2) is 28.6 Å². The van der Waals surface area contributed by atoms with Crippen molar-refractivity contribution in [1.82, 2.24) is 19.5 Å². The molecule has 0 saturated carbocycles. The van der Waals surface area contributed by atoms with E-state index in [0.717, 1.165) is 9.35 Å². The Kier molecular flexibility index (Phi) is 4.45. The number of nitrogen functional groups attached to an aromatic ring is 1. The maximum Gasteiger partial charge on any atom is 0.181 e. The first-order valence-electron chi connectivity index (χ1n) is 7.78. The summed E-state index contributed by atoms with van der Waals surface area (Å²) in [6, 6.07) is 1.91. The molecule has 0 radical (unpaired) electrons. The molecule has 0 bridgehead atoms. The highest BCUT2D eigenvalue weighted by Gasteiger charge is 2.56. The number of aliphatic hydroxyl groups is 3. The number of aromatic nitrogens is 4. The molecule has 9 nitrogen and oxygen atoms in total. The number of halogens is 1. The summed E-state index contributed by atoms with van der Waals surface area (Å²) in [6.45, 7) is -0.433. The third kappa shape index (κ3) is 2.63. The summed E-state index contributed by atoms with van der Waals surface area (Å²) in [5.41, 5.74) is 5.21. The summed E-state index contributed by atoms with van der Waals surface area (Å²) in [5.74, 6) is 0.203. The number of aliphatic hydroxyl groups excluding tert-OH is 3. The van der Waals surface area contributed by atoms with Crippen LogP contribution in [0.4, 0.5) is 5.82 Å². The molecule has 0 spiro atoms. The normalized spacial score (nSPS) is 28.8. The summed E-state index contributed by atoms with van der Waals surface area (Å²) in [4.78, 5) is 13.3. The fourth-order valence-corrected chi connectivity index (χ4v) is 4.80. The molecule has 1 aliphatic rings. The molecule has 26 heavy (non-hydrogen) atoms. The number of hydrogen-bond donors (Lipinski definition) is 4. The average Bonchev–Trinajstić information content (AvgIpc) is 3.29. The highest BCUT2D eigenvalue weighted by atomic mass is 79.9. The summed E-state index contributed by atoms with van der Waals surface area (Å²) in [6.07, 6.45) is -0.521. The quantitative estimate of drug-likeness (QED) is 0.451. The van der Waals surface area contributed by atoms with Gasteiger partial charge in [-0.1, -0.05) is 0 Å². The van der Waals surface area contributed by atoms with Gasteiger partial charge in [-0.15, -0.1) is 11.3 Å². The van der Waals surface area contributed by atoms with Crippen molar-refractivity contribution in [3.8, 4) is 0 Å². The third-order valence-electron chi connectivity index (χ3n) is 4.52. The molecule has 0 amide bonds. The first-order valence-corrected chi connectivity index (χ1v) is 9.45. The molecule has 1 fully saturated rings. The van der Waals surface area contributed by atoms with E-state index in [-0.39, 0.29) is 12.2 Å². The van der Waals surface area contributed by atoms with E-state index in [1.807, 2.05) is 11.4 Å². The molecule has 1 saturated heterocycles. The molecule has 3 aromatic rings. The fraction of sp³-hybridized carbons (Fsp3) is 0.400. The summed E-state index contributed by atoms with van der Waals surface area (Å²) >= 11 is 4.89. The van der Waals surface area contributed by atoms with Crippen molar-refractivity contribution in [3.05, 3.63) is 33.5 Å². The van der Waals surface area contributed by atoms with Gasteiger partial charge in [0.2, 0.25) is 0 Å². The summed E-state index contributed by atoms with van der Waals surface area (Å²) in [7, 11) is 0. The van der Waals surface area contributed by atoms with Crippen LogP contribution in [-0.4, -0.2) is 59.8 Å². The van der Waals surface area contributed by atoms with Gasteiger partial charge >= 0.3 is 0 Å². The second-order valence-corrected chi connectivity index (χ2v) is 7.98. The summed E-state index contributed by atoms with van der Waals surface area (Å²) < 4.78 is 8.45. The predicted molar refractivity (Wildman–Crippen MR) is 97.4 cm³/mol. The van der Waals surface area contributed by atoms with Crippen LogP contribution in [0.25, 0.3) is 11.2 Å². The number of rotatable bonds is 4. The Balaban J connectivity index is 1.89. The Morgan fingerprint density at radius 1 is 1.35 bits per heavy atom. The molecular weight excluding hydrogens is 426 g/mol. The number of imidazole rings is 1. The molecule has 0 aromatic carbocycles. The van der Waals surface area contributed by atoms with Crippen LogP contribution in [-0.2, 0) is 16.9 Å². The first kappa shape index (κ1) is 17.8. The number of anilines is 1. The Morgan fingerprint density at radius 2 is 2.15 bits per heavy atom. The average molecular weight is 442 g/mol. The van der Waals surface area contributed by atoms with Crippen LogP contribution in [0.3, 0.4) is 0 Å². The molecule has 5 N–H and O–H groups in total. The second kappa shape index (κ2) is 6.51. The van der Waals surface area contributed by atoms with Gasteiger partial charge in [0.1, 0.15) is 30.2 Å². The molecular formula is C15H16BrN5O4S. The van der Waals surface area contributed by atoms with Crippen molar-refractivity contribution in [3.63, 3.8) is 0 Å². The number of thiophene rings is 1. The van der Waals surface area contributed by atoms with Crippen LogP contribution in [0.2, 0.25) is 0 Å². The number of nitrogens with zero attached hydrogens (tertiary/aromatic N) is 4. The zero-order chi connectivity index (χ0) is 18.5. The zero-order valence-electron chi connectivity index (χ0n) is 13.4. The lowest BCUT2D eigenvalue weighted by atomic mass is 9.98. The van der Waals surface area contributed by atoms with Crippen LogP contribution < -0.4 is 5.73 Å². The smallest absolute Gasteiger partial charge is 0.181 e. The maximum atomic E-state index is 10.9. The van der Waals surface area contributed by atoms with E-state index in [2.05, 4.69) is 30.9 Å². The highest BCUT2D eigenvalue weighted by molar-refractivity contribution is 9.10. The Hall–Kier alpha value is -1.63. The van der Waals surface area contributed by atoms with Gasteiger partial charge in [0.15, 0.2) is 17.2 Å². The molecule has 4 atom stereocenters. The van der Waals surface area contributed by atoms with E-state index >= 15 is 0 Å². The monoisotopic (exact) mass is 441 g/mol. The largest absolute Gasteiger partial charge is 0.394 e. The third-order valence-corrected chi connectivity index (χ3v) is 6.22. The van der Waals surface area contributed by atoms with Crippen LogP contribution >= 0.6 is 27.3 Å². The predicted octanol–water partition coefficient (Wildman–Crippen LogP) is 0.241. The number of fused-ring (bicyclic) bond motifs is 1. The van der Waals surface area contributed by atoms with E-state index in [0.29, 0.717) is 11.2 Å². The van der Waals surface area contributed by atoms with Gasteiger partial charge in [0.05, 0.1) is 12.9 Å². The first-order chi connectivity index (χ1) is 12.5. The van der Waals surface area contributed by atoms with Crippen molar-refractivity contribution < 1.29 is 20.1 Å². The van der Waals surface area contributed by atoms with Gasteiger partial charge in [-0.05, 0) is 22.0 Å². The SMILES string of the molecule is Nc1ncnc2c1ncn2[C@]1(Cc2cc(Br)cs2)O[C@H](CO)[C@@H](O)[C@H]1O. The minimum absolute atomic E-state index is 0.203. The molecule has 0 unspecified atom stereocenters. The van der Waals surface area contributed by atoms with Crippen LogP contribution in [0.1, 0.15) is 4.88 Å². The Morgan fingerprint density at radius 3 is 2.81 bits per heavy atom. The van der Waals surface area contributed by atoms with Gasteiger partial charge < -0.3 is 25.8 Å². The Bertz CT molecular complexity index is 949. The number of ether oxygens (including phenoxy) is 1. The maximum absolute atomic E-state index is 10.9. The van der Waals surface area contributed by atoms with E-state index < -0.39 is 30.6 Å². The zero-order valence-corrected chi connectivity index (χ0v) is 15.8. The van der Waals surface area contributed by atoms with Crippen molar-refractivity contribution in [2.24, 2.45) is 0 Å². The van der Waals surface area contributed by atoms with Crippen LogP contribution in [0.5, 0.6) is 0 Å². The lowest BCUT2D eigenvalue weighted by molar-refractivity contribution is -0.144. The second-order valence-electron chi connectivity index (χ2n) is 6.07. The number of hydrogen-bond acceptors (Lipinski definition) is 9. The fourth-order valence-electron chi connectivity index (χ4n) is 3.27. The molecule has 4 heterocycles. The lowest BCUT2D eigenvalue weighted by Crippen LogP contribution is -2.47. The van der Waals surface area contributed by atoms with Crippen LogP contribution in [0, 0.1) is 0 Å². The van der Waals surface area contributed by atoms with Crippen molar-refractivity contribution in [2.45, 2.75) is 30.5 Å². The van der Waals surface area contributed by atoms with Gasteiger partial charge in [0.25, 0.3) is 0 Å². The minimum Gasteiger partial charge on any atom is -0.394 e. The molecule has 4 rings (SSSR count). The van der Waals surface area contributed by atoms with E-state index in [9.17, 15) is 15.3 Å². The minimum atomic E-state index is -1.40. The van der Waals surface area contributed by atoms with Gasteiger partial charge in [-0.2, -0.15) is 0 Å². The van der Waals surface area contributed by atoms with Gasteiger partial charge in [-0.25, -0.2) is 15.0 Å². The van der Waals surface area contributed by atoms with Crippen molar-refractivity contribution >= 4 is 44.2 Å². The van der Waals surface area contributed by atoms with E-state index in [4.69, 9.17) is 10.5 Å². The standard InChI is InChI=1S/C15H16BrN5O4S/c16-7-1-8(26-4-7)2-15(12(24)11(23)9(3-22)25-15)21-6-20-10-13(17)18-5-19-14(10)21/h1,4-6,9,11-12,22-24H,2-3H2,(H2,17,18,19)/t9-,11-,12-,15-/m1/s1. The molecule has 138 valence electrons. The van der Waals surface area contributed by atoms with E-state index in [1.165, 1.54) is 24.0 Å². The van der Waals surface area contributed by atoms with Gasteiger partial charge in [0, 0.05) is 21.2 Å².